The molecule has 2 fully saturated rings. The van der Waals surface area contributed by atoms with Gasteiger partial charge in [-0.15, -0.1) is 6.58 Å². The summed E-state index contributed by atoms with van der Waals surface area (Å²) < 4.78 is 0. The van der Waals surface area contributed by atoms with Crippen molar-refractivity contribution in [1.29, 1.82) is 0 Å². The second-order valence-electron chi connectivity index (χ2n) is 6.52. The van der Waals surface area contributed by atoms with Crippen LogP contribution in [-0.2, 0) is 9.59 Å². The number of rotatable bonds is 3. The maximum Gasteiger partial charge on any atom is 0.233 e. The summed E-state index contributed by atoms with van der Waals surface area (Å²) in [6.07, 6.45) is 4.23. The topological polar surface area (TPSA) is 37.4 Å². The van der Waals surface area contributed by atoms with E-state index in [0.29, 0.717) is 6.42 Å². The van der Waals surface area contributed by atoms with Crippen LogP contribution in [-0.4, -0.2) is 22.3 Å². The van der Waals surface area contributed by atoms with Crippen LogP contribution in [0.15, 0.2) is 12.7 Å². The maximum atomic E-state index is 12.5. The first-order chi connectivity index (χ1) is 8.27. The lowest BCUT2D eigenvalue weighted by molar-refractivity contribution is -0.153. The first-order valence-electron chi connectivity index (χ1n) is 6.76. The van der Waals surface area contributed by atoms with Crippen molar-refractivity contribution >= 4 is 11.8 Å². The molecule has 0 unspecified atom stereocenters. The van der Waals surface area contributed by atoms with E-state index in [0.717, 1.165) is 12.8 Å². The summed E-state index contributed by atoms with van der Waals surface area (Å²) in [5.41, 5.74) is -0.408. The highest BCUT2D eigenvalue weighted by molar-refractivity contribution is 6.01. The summed E-state index contributed by atoms with van der Waals surface area (Å²) in [5.74, 6) is -0.131. The van der Waals surface area contributed by atoms with Crippen LogP contribution in [0.3, 0.4) is 0 Å². The van der Waals surface area contributed by atoms with Gasteiger partial charge in [0.05, 0.1) is 5.54 Å². The van der Waals surface area contributed by atoms with E-state index < -0.39 is 0 Å². The van der Waals surface area contributed by atoms with E-state index in [-0.39, 0.29) is 34.6 Å². The summed E-state index contributed by atoms with van der Waals surface area (Å²) in [6.45, 7) is 11.8. The fraction of sp³-hybridized carbons (Fsp3) is 0.733. The number of hydrogen-bond donors (Lipinski definition) is 0. The Labute approximate surface area is 109 Å². The molecule has 0 aromatic carbocycles. The summed E-state index contributed by atoms with van der Waals surface area (Å²) in [7, 11) is 0. The lowest BCUT2D eigenvalue weighted by Crippen LogP contribution is -2.53. The Morgan fingerprint density at radius 3 is 2.61 bits per heavy atom. The third kappa shape index (κ3) is 1.42. The second kappa shape index (κ2) is 3.94. The van der Waals surface area contributed by atoms with Crippen LogP contribution in [0, 0.1) is 17.3 Å². The number of carbonyl (C=O) groups excluding carboxylic acids is 2. The fourth-order valence-electron chi connectivity index (χ4n) is 3.64. The molecule has 0 N–H and O–H groups in total. The predicted octanol–water partition coefficient (Wildman–Crippen LogP) is 2.76. The summed E-state index contributed by atoms with van der Waals surface area (Å²) in [5, 5.41) is 0. The van der Waals surface area contributed by atoms with Crippen LogP contribution in [0.1, 0.15) is 47.0 Å². The molecular formula is C15H23NO2. The van der Waals surface area contributed by atoms with E-state index >= 15 is 0 Å². The van der Waals surface area contributed by atoms with Gasteiger partial charge in [-0.2, -0.15) is 0 Å². The fourth-order valence-corrected chi connectivity index (χ4v) is 3.64. The lowest BCUT2D eigenvalue weighted by atomic mass is 9.74. The molecule has 0 aromatic rings. The zero-order valence-electron chi connectivity index (χ0n) is 11.8. The molecule has 100 valence electrons. The number of amides is 2. The van der Waals surface area contributed by atoms with Gasteiger partial charge in [0.2, 0.25) is 11.8 Å². The molecule has 1 saturated heterocycles. The first kappa shape index (κ1) is 13.3. The van der Waals surface area contributed by atoms with Crippen LogP contribution in [0.25, 0.3) is 0 Å². The minimum absolute atomic E-state index is 0.0161. The minimum atomic E-state index is -0.304. The summed E-state index contributed by atoms with van der Waals surface area (Å²) in [6, 6.07) is 0. The number of allylic oxidation sites excluding steroid dienone is 1. The number of fused-ring (bicyclic) bond motifs is 2. The van der Waals surface area contributed by atoms with Crippen molar-refractivity contribution in [3.63, 3.8) is 0 Å². The van der Waals surface area contributed by atoms with Gasteiger partial charge in [0.1, 0.15) is 0 Å². The van der Waals surface area contributed by atoms with Gasteiger partial charge in [-0.05, 0) is 31.6 Å². The van der Waals surface area contributed by atoms with Gasteiger partial charge in [0.25, 0.3) is 0 Å². The molecule has 1 aliphatic heterocycles. The SMILES string of the molecule is C=CC[C@H](C)C(=O)N1C(=O)[C@H]2CC[C@]1(C)C2(C)C. The normalized spacial score (nSPS) is 34.8. The van der Waals surface area contributed by atoms with E-state index in [1.165, 1.54) is 0 Å². The smallest absolute Gasteiger partial charge is 0.233 e. The molecule has 2 rings (SSSR count). The van der Waals surface area contributed by atoms with Crippen LogP contribution < -0.4 is 0 Å². The van der Waals surface area contributed by atoms with Gasteiger partial charge < -0.3 is 0 Å². The predicted molar refractivity (Wildman–Crippen MR) is 70.7 cm³/mol. The van der Waals surface area contributed by atoms with Gasteiger partial charge in [-0.3, -0.25) is 14.5 Å². The summed E-state index contributed by atoms with van der Waals surface area (Å²) in [4.78, 5) is 26.5. The molecule has 3 heteroatoms. The monoisotopic (exact) mass is 249 g/mol. The molecule has 2 amide bonds. The molecule has 3 atom stereocenters. The van der Waals surface area contributed by atoms with Crippen molar-refractivity contribution in [2.24, 2.45) is 17.3 Å². The highest BCUT2D eigenvalue weighted by Crippen LogP contribution is 2.59. The number of hydrogen-bond acceptors (Lipinski definition) is 2. The van der Waals surface area contributed by atoms with E-state index in [2.05, 4.69) is 27.4 Å². The third-order valence-electron chi connectivity index (χ3n) is 5.35. The van der Waals surface area contributed by atoms with Gasteiger partial charge in [-0.1, -0.05) is 26.8 Å². The molecule has 3 nitrogen and oxygen atoms in total. The molecule has 1 heterocycles. The number of carbonyl (C=O) groups is 2. The molecule has 0 spiro atoms. The molecule has 0 radical (unpaired) electrons. The zero-order valence-corrected chi connectivity index (χ0v) is 11.8. The van der Waals surface area contributed by atoms with Gasteiger partial charge in [-0.25, -0.2) is 0 Å². The Hall–Kier alpha value is -1.12. The standard InChI is InChI=1S/C15H23NO2/c1-6-7-10(2)12(17)16-13(18)11-8-9-15(16,5)14(11,3)4/h6,10-11H,1,7-9H2,2-5H3/t10-,11+,15+/m0/s1. The molecule has 2 bridgehead atoms. The lowest BCUT2D eigenvalue weighted by Gasteiger charge is -2.41. The van der Waals surface area contributed by atoms with E-state index in [4.69, 9.17) is 0 Å². The van der Waals surface area contributed by atoms with E-state index in [1.807, 2.05) is 6.92 Å². The van der Waals surface area contributed by atoms with Crippen molar-refractivity contribution in [1.82, 2.24) is 4.90 Å². The Balaban J connectivity index is 2.33. The van der Waals surface area contributed by atoms with Crippen LogP contribution in [0.5, 0.6) is 0 Å². The maximum absolute atomic E-state index is 12.5. The number of imide groups is 1. The minimum Gasteiger partial charge on any atom is -0.276 e. The van der Waals surface area contributed by atoms with Crippen molar-refractivity contribution in [2.75, 3.05) is 0 Å². The van der Waals surface area contributed by atoms with E-state index in [1.54, 1.807) is 11.0 Å². The Kier molecular flexibility index (Phi) is 2.91. The van der Waals surface area contributed by atoms with Crippen molar-refractivity contribution in [3.8, 4) is 0 Å². The molecule has 1 aliphatic carbocycles. The number of piperidine rings is 1. The average molecular weight is 249 g/mol. The van der Waals surface area contributed by atoms with E-state index in [9.17, 15) is 9.59 Å². The Morgan fingerprint density at radius 2 is 2.17 bits per heavy atom. The largest absolute Gasteiger partial charge is 0.276 e. The highest BCUT2D eigenvalue weighted by atomic mass is 16.2. The molecule has 18 heavy (non-hydrogen) atoms. The van der Waals surface area contributed by atoms with Crippen molar-refractivity contribution in [3.05, 3.63) is 12.7 Å². The van der Waals surface area contributed by atoms with Gasteiger partial charge in [0, 0.05) is 11.8 Å². The number of likely N-dealkylation sites (tertiary alicyclic amines) is 1. The van der Waals surface area contributed by atoms with Gasteiger partial charge >= 0.3 is 0 Å². The number of nitrogens with zero attached hydrogens (tertiary/aromatic N) is 1. The van der Waals surface area contributed by atoms with Crippen molar-refractivity contribution in [2.45, 2.75) is 52.5 Å². The van der Waals surface area contributed by atoms with Crippen LogP contribution in [0.2, 0.25) is 0 Å². The van der Waals surface area contributed by atoms with Crippen molar-refractivity contribution < 1.29 is 9.59 Å². The first-order valence-corrected chi connectivity index (χ1v) is 6.76. The molecule has 0 aromatic heterocycles. The Bertz CT molecular complexity index is 413. The van der Waals surface area contributed by atoms with Crippen LogP contribution in [0.4, 0.5) is 0 Å². The molecular weight excluding hydrogens is 226 g/mol. The second-order valence-corrected chi connectivity index (χ2v) is 6.52. The molecule has 2 aliphatic rings. The highest BCUT2D eigenvalue weighted by Gasteiger charge is 2.66. The summed E-state index contributed by atoms with van der Waals surface area (Å²) >= 11 is 0. The third-order valence-corrected chi connectivity index (χ3v) is 5.35. The quantitative estimate of drug-likeness (QED) is 0.721. The van der Waals surface area contributed by atoms with Crippen LogP contribution >= 0.6 is 0 Å². The van der Waals surface area contributed by atoms with Gasteiger partial charge in [0.15, 0.2) is 0 Å². The molecule has 1 saturated carbocycles. The zero-order chi connectivity index (χ0) is 13.7. The Morgan fingerprint density at radius 1 is 1.56 bits per heavy atom. The average Bonchev–Trinajstić information content (AvgIpc) is 2.58.